The van der Waals surface area contributed by atoms with Gasteiger partial charge in [0.05, 0.1) is 11.9 Å². The van der Waals surface area contributed by atoms with Crippen LogP contribution in [0.4, 0.5) is 5.69 Å². The monoisotopic (exact) mass is 236 g/mol. The highest BCUT2D eigenvalue weighted by Crippen LogP contribution is 2.17. The highest BCUT2D eigenvalue weighted by atomic mass is 16.2. The number of aryl methyl sites for hydroxylation is 1. The standard InChI is InChI=1S/C12H20N4O/c1-15-9-11(8-14-15)16(2)12(17)4-3-10-5-6-13-7-10/h8-10,13H,3-7H2,1-2H3. The van der Waals surface area contributed by atoms with Crippen LogP contribution in [0.25, 0.3) is 0 Å². The van der Waals surface area contributed by atoms with Gasteiger partial charge in [0.2, 0.25) is 5.91 Å². The zero-order valence-corrected chi connectivity index (χ0v) is 10.5. The Morgan fingerprint density at radius 1 is 1.71 bits per heavy atom. The van der Waals surface area contributed by atoms with E-state index >= 15 is 0 Å². The SMILES string of the molecule is CN(C(=O)CCC1CCNC1)c1cnn(C)c1. The summed E-state index contributed by atoms with van der Waals surface area (Å²) >= 11 is 0. The Bertz CT molecular complexity index is 382. The number of anilines is 1. The molecule has 1 amide bonds. The van der Waals surface area contributed by atoms with Crippen LogP contribution in [0.1, 0.15) is 19.3 Å². The van der Waals surface area contributed by atoms with Gasteiger partial charge in [-0.1, -0.05) is 0 Å². The Hall–Kier alpha value is -1.36. The molecule has 1 aromatic rings. The van der Waals surface area contributed by atoms with Gasteiger partial charge in [0.15, 0.2) is 0 Å². The summed E-state index contributed by atoms with van der Waals surface area (Å²) in [5.41, 5.74) is 0.863. The van der Waals surface area contributed by atoms with E-state index in [9.17, 15) is 4.79 Å². The molecule has 0 saturated carbocycles. The Morgan fingerprint density at radius 2 is 2.53 bits per heavy atom. The van der Waals surface area contributed by atoms with Crippen molar-refractivity contribution in [2.75, 3.05) is 25.0 Å². The lowest BCUT2D eigenvalue weighted by Crippen LogP contribution is -2.26. The van der Waals surface area contributed by atoms with Gasteiger partial charge in [-0.2, -0.15) is 5.10 Å². The number of carbonyl (C=O) groups excluding carboxylic acids is 1. The fourth-order valence-electron chi connectivity index (χ4n) is 2.18. The first-order valence-corrected chi connectivity index (χ1v) is 6.12. The van der Waals surface area contributed by atoms with E-state index in [-0.39, 0.29) is 5.91 Å². The maximum absolute atomic E-state index is 12.0. The van der Waals surface area contributed by atoms with Crippen molar-refractivity contribution in [2.45, 2.75) is 19.3 Å². The number of hydrogen-bond acceptors (Lipinski definition) is 3. The van der Waals surface area contributed by atoms with Crippen molar-refractivity contribution < 1.29 is 4.79 Å². The summed E-state index contributed by atoms with van der Waals surface area (Å²) in [5, 5.41) is 7.39. The molecule has 0 bridgehead atoms. The molecule has 1 unspecified atom stereocenters. The fourth-order valence-corrected chi connectivity index (χ4v) is 2.18. The Balaban J connectivity index is 1.82. The minimum Gasteiger partial charge on any atom is -0.316 e. The van der Waals surface area contributed by atoms with E-state index in [1.54, 1.807) is 15.8 Å². The van der Waals surface area contributed by atoms with E-state index in [1.807, 2.05) is 20.3 Å². The molecule has 2 heterocycles. The maximum atomic E-state index is 12.0. The van der Waals surface area contributed by atoms with E-state index in [0.29, 0.717) is 12.3 Å². The third-order valence-electron chi connectivity index (χ3n) is 3.38. The smallest absolute Gasteiger partial charge is 0.226 e. The van der Waals surface area contributed by atoms with Crippen LogP contribution >= 0.6 is 0 Å². The molecular weight excluding hydrogens is 216 g/mol. The lowest BCUT2D eigenvalue weighted by Gasteiger charge is -2.16. The second-order valence-electron chi connectivity index (χ2n) is 4.72. The van der Waals surface area contributed by atoms with Crippen molar-refractivity contribution in [1.29, 1.82) is 0 Å². The van der Waals surface area contributed by atoms with E-state index in [0.717, 1.165) is 25.2 Å². The number of nitrogens with one attached hydrogen (secondary N) is 1. The molecule has 1 atom stereocenters. The minimum absolute atomic E-state index is 0.171. The van der Waals surface area contributed by atoms with Gasteiger partial charge < -0.3 is 10.2 Å². The van der Waals surface area contributed by atoms with Crippen LogP contribution in [-0.2, 0) is 11.8 Å². The minimum atomic E-state index is 0.171. The average Bonchev–Trinajstić information content (AvgIpc) is 2.95. The Labute approximate surface area is 102 Å². The molecular formula is C12H20N4O. The first kappa shape index (κ1) is 12.1. The Morgan fingerprint density at radius 3 is 3.12 bits per heavy atom. The predicted molar refractivity (Wildman–Crippen MR) is 66.8 cm³/mol. The van der Waals surface area contributed by atoms with Crippen molar-refractivity contribution in [3.8, 4) is 0 Å². The topological polar surface area (TPSA) is 50.2 Å². The lowest BCUT2D eigenvalue weighted by atomic mass is 10.0. The summed E-state index contributed by atoms with van der Waals surface area (Å²) in [7, 11) is 3.66. The molecule has 5 heteroatoms. The fraction of sp³-hybridized carbons (Fsp3) is 0.667. The predicted octanol–water partition coefficient (Wildman–Crippen LogP) is 0.773. The average molecular weight is 236 g/mol. The third-order valence-corrected chi connectivity index (χ3v) is 3.38. The van der Waals surface area contributed by atoms with Gasteiger partial charge in [-0.05, 0) is 31.8 Å². The van der Waals surface area contributed by atoms with E-state index in [1.165, 1.54) is 6.42 Å². The second kappa shape index (κ2) is 5.31. The highest BCUT2D eigenvalue weighted by molar-refractivity contribution is 5.92. The molecule has 1 aliphatic heterocycles. The van der Waals surface area contributed by atoms with Crippen LogP contribution in [0.3, 0.4) is 0 Å². The van der Waals surface area contributed by atoms with E-state index in [2.05, 4.69) is 10.4 Å². The molecule has 0 spiro atoms. The van der Waals surface area contributed by atoms with E-state index in [4.69, 9.17) is 0 Å². The molecule has 1 aromatic heterocycles. The third kappa shape index (κ3) is 3.06. The normalized spacial score (nSPS) is 19.5. The molecule has 0 radical (unpaired) electrons. The first-order valence-electron chi connectivity index (χ1n) is 6.12. The molecule has 0 aliphatic carbocycles. The molecule has 1 fully saturated rings. The molecule has 17 heavy (non-hydrogen) atoms. The summed E-state index contributed by atoms with van der Waals surface area (Å²) in [6, 6.07) is 0. The lowest BCUT2D eigenvalue weighted by molar-refractivity contribution is -0.118. The molecule has 2 rings (SSSR count). The van der Waals surface area contributed by atoms with Crippen molar-refractivity contribution in [2.24, 2.45) is 13.0 Å². The van der Waals surface area contributed by atoms with Gasteiger partial charge in [-0.3, -0.25) is 9.48 Å². The van der Waals surface area contributed by atoms with Crippen LogP contribution in [0.15, 0.2) is 12.4 Å². The zero-order valence-electron chi connectivity index (χ0n) is 10.5. The summed E-state index contributed by atoms with van der Waals surface area (Å²) in [6.45, 7) is 2.15. The van der Waals surface area contributed by atoms with Crippen molar-refractivity contribution >= 4 is 11.6 Å². The molecule has 1 N–H and O–H groups in total. The van der Waals surface area contributed by atoms with Gasteiger partial charge in [-0.25, -0.2) is 0 Å². The largest absolute Gasteiger partial charge is 0.316 e. The number of rotatable bonds is 4. The second-order valence-corrected chi connectivity index (χ2v) is 4.72. The van der Waals surface area contributed by atoms with Crippen molar-refractivity contribution in [3.63, 3.8) is 0 Å². The van der Waals surface area contributed by atoms with Gasteiger partial charge in [-0.15, -0.1) is 0 Å². The highest BCUT2D eigenvalue weighted by Gasteiger charge is 2.18. The maximum Gasteiger partial charge on any atom is 0.226 e. The summed E-state index contributed by atoms with van der Waals surface area (Å²) in [5.74, 6) is 0.839. The van der Waals surface area contributed by atoms with Crippen LogP contribution in [0.2, 0.25) is 0 Å². The first-order chi connectivity index (χ1) is 8.16. The number of amides is 1. The number of nitrogens with zero attached hydrogens (tertiary/aromatic N) is 3. The number of hydrogen-bond donors (Lipinski definition) is 1. The molecule has 5 nitrogen and oxygen atoms in total. The quantitative estimate of drug-likeness (QED) is 0.840. The molecule has 94 valence electrons. The van der Waals surface area contributed by atoms with Crippen molar-refractivity contribution in [1.82, 2.24) is 15.1 Å². The summed E-state index contributed by atoms with van der Waals surface area (Å²) in [4.78, 5) is 13.7. The molecule has 1 saturated heterocycles. The van der Waals surface area contributed by atoms with E-state index < -0.39 is 0 Å². The summed E-state index contributed by atoms with van der Waals surface area (Å²) in [6.07, 6.45) is 6.38. The van der Waals surface area contributed by atoms with Crippen LogP contribution < -0.4 is 10.2 Å². The van der Waals surface area contributed by atoms with Gasteiger partial charge in [0, 0.05) is 26.7 Å². The van der Waals surface area contributed by atoms with Crippen LogP contribution in [-0.4, -0.2) is 35.8 Å². The van der Waals surface area contributed by atoms with Gasteiger partial charge >= 0.3 is 0 Å². The van der Waals surface area contributed by atoms with Crippen LogP contribution in [0.5, 0.6) is 0 Å². The molecule has 0 aromatic carbocycles. The van der Waals surface area contributed by atoms with Crippen LogP contribution in [0, 0.1) is 5.92 Å². The number of carbonyl (C=O) groups is 1. The summed E-state index contributed by atoms with van der Waals surface area (Å²) < 4.78 is 1.71. The Kier molecular flexibility index (Phi) is 3.78. The van der Waals surface area contributed by atoms with Crippen molar-refractivity contribution in [3.05, 3.63) is 12.4 Å². The van der Waals surface area contributed by atoms with Gasteiger partial charge in [0.25, 0.3) is 0 Å². The zero-order chi connectivity index (χ0) is 12.3. The van der Waals surface area contributed by atoms with Gasteiger partial charge in [0.1, 0.15) is 0 Å². The molecule has 1 aliphatic rings. The number of aromatic nitrogens is 2.